The summed E-state index contributed by atoms with van der Waals surface area (Å²) in [5.41, 5.74) is 1.13. The van der Waals surface area contributed by atoms with Crippen LogP contribution in [0.5, 0.6) is 0 Å². The van der Waals surface area contributed by atoms with Crippen LogP contribution in [0.3, 0.4) is 0 Å². The van der Waals surface area contributed by atoms with Crippen LogP contribution in [0.25, 0.3) is 4.96 Å². The second-order valence-electron chi connectivity index (χ2n) is 4.35. The lowest BCUT2D eigenvalue weighted by Gasteiger charge is -2.14. The van der Waals surface area contributed by atoms with E-state index in [0.29, 0.717) is 6.61 Å². The van der Waals surface area contributed by atoms with E-state index in [1.807, 2.05) is 11.6 Å². The number of nitrogens with zero attached hydrogens (tertiary/aromatic N) is 3. The third-order valence-electron chi connectivity index (χ3n) is 2.77. The molecule has 0 aliphatic carbocycles. The highest BCUT2D eigenvalue weighted by Gasteiger charge is 2.05. The van der Waals surface area contributed by atoms with E-state index in [1.54, 1.807) is 11.3 Å². The van der Waals surface area contributed by atoms with Crippen LogP contribution in [0.15, 0.2) is 17.8 Å². The van der Waals surface area contributed by atoms with Gasteiger partial charge in [-0.25, -0.2) is 4.98 Å². The van der Waals surface area contributed by atoms with E-state index >= 15 is 0 Å². The number of fused-ring (bicyclic) bond motifs is 1. The molecule has 1 N–H and O–H groups in total. The molecule has 0 aliphatic rings. The number of thiazole rings is 1. The first kappa shape index (κ1) is 12.5. The zero-order valence-electron chi connectivity index (χ0n) is 10.2. The van der Waals surface area contributed by atoms with E-state index in [9.17, 15) is 0 Å². The lowest BCUT2D eigenvalue weighted by atomic mass is 10.2. The molecular formula is C12H19N3OS. The summed E-state index contributed by atoms with van der Waals surface area (Å²) in [7, 11) is 2.12. The number of aliphatic hydroxyl groups excluding tert-OH is 1. The normalized spacial score (nSPS) is 11.7. The summed E-state index contributed by atoms with van der Waals surface area (Å²) in [5.74, 6) is 0. The Morgan fingerprint density at radius 3 is 3.06 bits per heavy atom. The molecule has 17 heavy (non-hydrogen) atoms. The Kier molecular flexibility index (Phi) is 4.53. The van der Waals surface area contributed by atoms with Crippen molar-refractivity contribution in [3.05, 3.63) is 23.5 Å². The van der Waals surface area contributed by atoms with Crippen molar-refractivity contribution in [2.24, 2.45) is 0 Å². The lowest BCUT2D eigenvalue weighted by molar-refractivity contribution is 0.270. The topological polar surface area (TPSA) is 40.8 Å². The molecule has 0 fully saturated rings. The monoisotopic (exact) mass is 253 g/mol. The summed E-state index contributed by atoms with van der Waals surface area (Å²) in [4.78, 5) is 7.90. The zero-order valence-corrected chi connectivity index (χ0v) is 11.0. The molecular weight excluding hydrogens is 234 g/mol. The van der Waals surface area contributed by atoms with Crippen LogP contribution < -0.4 is 0 Å². The minimum absolute atomic E-state index is 0.307. The summed E-state index contributed by atoms with van der Waals surface area (Å²) < 4.78 is 2.07. The van der Waals surface area contributed by atoms with E-state index < -0.39 is 0 Å². The van der Waals surface area contributed by atoms with Gasteiger partial charge in [-0.15, -0.1) is 11.3 Å². The summed E-state index contributed by atoms with van der Waals surface area (Å²) in [6.07, 6.45) is 7.28. The van der Waals surface area contributed by atoms with Crippen molar-refractivity contribution in [1.82, 2.24) is 14.3 Å². The van der Waals surface area contributed by atoms with Gasteiger partial charge in [0.2, 0.25) is 0 Å². The highest BCUT2D eigenvalue weighted by molar-refractivity contribution is 7.15. The largest absolute Gasteiger partial charge is 0.396 e. The van der Waals surface area contributed by atoms with Crippen LogP contribution in [0.1, 0.15) is 25.0 Å². The Balaban J connectivity index is 1.78. The number of hydrogen-bond acceptors (Lipinski definition) is 4. The predicted molar refractivity (Wildman–Crippen MR) is 70.3 cm³/mol. The fraction of sp³-hybridized carbons (Fsp3) is 0.583. The van der Waals surface area contributed by atoms with E-state index in [0.717, 1.165) is 43.0 Å². The molecule has 0 aromatic carbocycles. The van der Waals surface area contributed by atoms with Crippen molar-refractivity contribution in [3.8, 4) is 0 Å². The first-order chi connectivity index (χ1) is 8.29. The van der Waals surface area contributed by atoms with E-state index in [2.05, 4.69) is 27.5 Å². The number of rotatable bonds is 7. The molecule has 0 unspecified atom stereocenters. The Morgan fingerprint density at radius 2 is 2.29 bits per heavy atom. The van der Waals surface area contributed by atoms with Gasteiger partial charge in [-0.2, -0.15) is 0 Å². The average Bonchev–Trinajstić information content (AvgIpc) is 2.84. The maximum atomic E-state index is 8.70. The average molecular weight is 253 g/mol. The van der Waals surface area contributed by atoms with Crippen molar-refractivity contribution < 1.29 is 5.11 Å². The second-order valence-corrected chi connectivity index (χ2v) is 5.22. The first-order valence-corrected chi connectivity index (χ1v) is 6.88. The molecule has 2 aromatic rings. The number of unbranched alkanes of at least 4 members (excludes halogenated alkanes) is 2. The highest BCUT2D eigenvalue weighted by Crippen LogP contribution is 2.12. The summed E-state index contributed by atoms with van der Waals surface area (Å²) in [6.45, 7) is 2.26. The van der Waals surface area contributed by atoms with E-state index in [4.69, 9.17) is 5.11 Å². The molecule has 5 heteroatoms. The molecule has 0 radical (unpaired) electrons. The first-order valence-electron chi connectivity index (χ1n) is 6.00. The summed E-state index contributed by atoms with van der Waals surface area (Å²) in [6, 6.07) is 0. The van der Waals surface area contributed by atoms with Gasteiger partial charge in [0.1, 0.15) is 0 Å². The minimum Gasteiger partial charge on any atom is -0.396 e. The predicted octanol–water partition coefficient (Wildman–Crippen LogP) is 1.99. The molecule has 0 saturated carbocycles. The van der Waals surface area contributed by atoms with E-state index in [-0.39, 0.29) is 0 Å². The molecule has 0 amide bonds. The van der Waals surface area contributed by atoms with Gasteiger partial charge in [-0.05, 0) is 32.9 Å². The van der Waals surface area contributed by atoms with Crippen LogP contribution in [0.4, 0.5) is 0 Å². The molecule has 0 bridgehead atoms. The smallest absolute Gasteiger partial charge is 0.193 e. The van der Waals surface area contributed by atoms with Gasteiger partial charge in [0.25, 0.3) is 0 Å². The van der Waals surface area contributed by atoms with Gasteiger partial charge in [0.15, 0.2) is 4.96 Å². The molecule has 2 rings (SSSR count). The lowest BCUT2D eigenvalue weighted by Crippen LogP contribution is -2.19. The Labute approximate surface area is 106 Å². The third kappa shape index (κ3) is 3.52. The molecule has 2 heterocycles. The highest BCUT2D eigenvalue weighted by atomic mass is 32.1. The van der Waals surface area contributed by atoms with Crippen molar-refractivity contribution in [2.45, 2.75) is 25.8 Å². The van der Waals surface area contributed by atoms with Gasteiger partial charge in [-0.1, -0.05) is 0 Å². The van der Waals surface area contributed by atoms with Gasteiger partial charge in [0, 0.05) is 30.9 Å². The standard InChI is InChI=1S/C12H19N3OS/c1-14(5-3-2-4-7-16)9-11-10-15-6-8-17-12(15)13-11/h6,8,10,16H,2-5,7,9H2,1H3. The van der Waals surface area contributed by atoms with Crippen LogP contribution in [-0.4, -0.2) is 39.6 Å². The van der Waals surface area contributed by atoms with Crippen LogP contribution in [-0.2, 0) is 6.54 Å². The molecule has 0 saturated heterocycles. The molecule has 0 spiro atoms. The fourth-order valence-corrected chi connectivity index (χ4v) is 2.60. The maximum absolute atomic E-state index is 8.70. The van der Waals surface area contributed by atoms with Gasteiger partial charge in [-0.3, -0.25) is 4.40 Å². The van der Waals surface area contributed by atoms with Crippen molar-refractivity contribution in [2.75, 3.05) is 20.2 Å². The fourth-order valence-electron chi connectivity index (χ4n) is 1.88. The number of aromatic nitrogens is 2. The SMILES string of the molecule is CN(CCCCCO)Cc1cn2ccsc2n1. The van der Waals surface area contributed by atoms with Crippen LogP contribution in [0, 0.1) is 0 Å². The van der Waals surface area contributed by atoms with Gasteiger partial charge < -0.3 is 10.0 Å². The number of aliphatic hydroxyl groups is 1. The summed E-state index contributed by atoms with van der Waals surface area (Å²) >= 11 is 1.67. The Hall–Kier alpha value is -0.910. The van der Waals surface area contributed by atoms with Crippen LogP contribution >= 0.6 is 11.3 Å². The molecule has 94 valence electrons. The van der Waals surface area contributed by atoms with Crippen molar-refractivity contribution in [3.63, 3.8) is 0 Å². The second kappa shape index (κ2) is 6.14. The van der Waals surface area contributed by atoms with Crippen molar-refractivity contribution >= 4 is 16.3 Å². The molecule has 4 nitrogen and oxygen atoms in total. The number of hydrogen-bond donors (Lipinski definition) is 1. The summed E-state index contributed by atoms with van der Waals surface area (Å²) in [5, 5.41) is 10.7. The third-order valence-corrected chi connectivity index (χ3v) is 3.54. The van der Waals surface area contributed by atoms with Gasteiger partial charge >= 0.3 is 0 Å². The minimum atomic E-state index is 0.307. The Bertz CT molecular complexity index is 423. The van der Waals surface area contributed by atoms with E-state index in [1.165, 1.54) is 0 Å². The Morgan fingerprint density at radius 1 is 1.41 bits per heavy atom. The molecule has 0 aliphatic heterocycles. The molecule has 2 aromatic heterocycles. The van der Waals surface area contributed by atoms with Gasteiger partial charge in [0.05, 0.1) is 5.69 Å². The van der Waals surface area contributed by atoms with Crippen LogP contribution in [0.2, 0.25) is 0 Å². The molecule has 0 atom stereocenters. The zero-order chi connectivity index (χ0) is 12.1. The van der Waals surface area contributed by atoms with Crippen molar-refractivity contribution in [1.29, 1.82) is 0 Å². The quantitative estimate of drug-likeness (QED) is 0.767. The maximum Gasteiger partial charge on any atom is 0.193 e. The number of imidazole rings is 1.